The van der Waals surface area contributed by atoms with Crippen LogP contribution in [0.3, 0.4) is 0 Å². The van der Waals surface area contributed by atoms with Crippen LogP contribution in [0.2, 0.25) is 0 Å². The van der Waals surface area contributed by atoms with E-state index in [1.54, 1.807) is 4.90 Å². The van der Waals surface area contributed by atoms with Gasteiger partial charge in [-0.25, -0.2) is 9.59 Å². The molecule has 19 heavy (non-hydrogen) atoms. The Bertz CT molecular complexity index is 350. The van der Waals surface area contributed by atoms with Crippen molar-refractivity contribution in [2.24, 2.45) is 0 Å². The zero-order valence-corrected chi connectivity index (χ0v) is 10.9. The number of aliphatic hydroxyl groups excluding tert-OH is 1. The first-order valence-corrected chi connectivity index (χ1v) is 6.75. The summed E-state index contributed by atoms with van der Waals surface area (Å²) >= 11 is 0. The first-order chi connectivity index (χ1) is 9.11. The molecule has 108 valence electrons. The highest BCUT2D eigenvalue weighted by atomic mass is 16.4. The van der Waals surface area contributed by atoms with Crippen LogP contribution >= 0.6 is 0 Å². The van der Waals surface area contributed by atoms with E-state index in [9.17, 15) is 9.59 Å². The molecular formula is C12H21N3O4. The Morgan fingerprint density at radius 3 is 2.74 bits per heavy atom. The second-order valence-corrected chi connectivity index (χ2v) is 5.15. The largest absolute Gasteiger partial charge is 0.480 e. The molecule has 0 aromatic carbocycles. The molecule has 3 N–H and O–H groups in total. The summed E-state index contributed by atoms with van der Waals surface area (Å²) in [6, 6.07) is -1.23. The fourth-order valence-electron chi connectivity index (χ4n) is 2.77. The van der Waals surface area contributed by atoms with Gasteiger partial charge in [-0.05, 0) is 19.4 Å². The van der Waals surface area contributed by atoms with Gasteiger partial charge in [0, 0.05) is 25.7 Å². The van der Waals surface area contributed by atoms with Gasteiger partial charge in [0.25, 0.3) is 0 Å². The summed E-state index contributed by atoms with van der Waals surface area (Å²) in [6.45, 7) is 2.59. The number of hydrogen-bond acceptors (Lipinski definition) is 4. The van der Waals surface area contributed by atoms with E-state index in [0.717, 1.165) is 19.5 Å². The van der Waals surface area contributed by atoms with E-state index in [4.69, 9.17) is 10.2 Å². The first-order valence-electron chi connectivity index (χ1n) is 6.75. The van der Waals surface area contributed by atoms with Gasteiger partial charge in [0.15, 0.2) is 6.04 Å². The summed E-state index contributed by atoms with van der Waals surface area (Å²) in [6.07, 6.45) is 3.49. The van der Waals surface area contributed by atoms with Gasteiger partial charge in [0.05, 0.1) is 6.61 Å². The number of amides is 2. The molecule has 0 aliphatic carbocycles. The Morgan fingerprint density at radius 1 is 1.26 bits per heavy atom. The van der Waals surface area contributed by atoms with E-state index in [1.807, 2.05) is 0 Å². The van der Waals surface area contributed by atoms with Crippen LogP contribution in [0.5, 0.6) is 0 Å². The van der Waals surface area contributed by atoms with Gasteiger partial charge in [-0.1, -0.05) is 6.42 Å². The summed E-state index contributed by atoms with van der Waals surface area (Å²) in [4.78, 5) is 26.8. The van der Waals surface area contributed by atoms with E-state index in [-0.39, 0.29) is 0 Å². The summed E-state index contributed by atoms with van der Waals surface area (Å²) in [5, 5.41) is 20.1. The van der Waals surface area contributed by atoms with Gasteiger partial charge in [-0.3, -0.25) is 4.90 Å². The highest BCUT2D eigenvalue weighted by Gasteiger charge is 2.32. The average molecular weight is 271 g/mol. The second-order valence-electron chi connectivity index (χ2n) is 5.15. The number of carboxylic acid groups (broad SMARTS) is 1. The molecule has 7 heteroatoms. The number of carboxylic acids is 1. The molecular weight excluding hydrogens is 250 g/mol. The lowest BCUT2D eigenvalue weighted by Crippen LogP contribution is -2.59. The fourth-order valence-corrected chi connectivity index (χ4v) is 2.77. The molecule has 2 heterocycles. The number of carbonyl (C=O) groups excluding carboxylic acids is 1. The Balaban J connectivity index is 1.88. The number of fused-ring (bicyclic) bond motifs is 1. The van der Waals surface area contributed by atoms with Crippen molar-refractivity contribution in [1.29, 1.82) is 0 Å². The molecule has 2 fully saturated rings. The van der Waals surface area contributed by atoms with Gasteiger partial charge in [0.2, 0.25) is 0 Å². The molecule has 2 rings (SSSR count). The molecule has 1 unspecified atom stereocenters. The number of piperazine rings is 1. The third-order valence-electron chi connectivity index (χ3n) is 3.90. The molecule has 2 aliphatic rings. The zero-order chi connectivity index (χ0) is 13.8. The minimum Gasteiger partial charge on any atom is -0.480 e. The number of nitrogens with one attached hydrogen (secondary N) is 1. The lowest BCUT2D eigenvalue weighted by atomic mass is 10.00. The summed E-state index contributed by atoms with van der Waals surface area (Å²) in [5.41, 5.74) is 0. The van der Waals surface area contributed by atoms with Crippen LogP contribution in [0, 0.1) is 0 Å². The smallest absolute Gasteiger partial charge is 0.328 e. The van der Waals surface area contributed by atoms with Crippen molar-refractivity contribution in [2.45, 2.75) is 31.3 Å². The lowest BCUT2D eigenvalue weighted by molar-refractivity contribution is -0.140. The molecule has 0 aromatic rings. The van der Waals surface area contributed by atoms with E-state index >= 15 is 0 Å². The number of urea groups is 1. The third-order valence-corrected chi connectivity index (χ3v) is 3.90. The maximum Gasteiger partial charge on any atom is 0.328 e. The monoisotopic (exact) mass is 271 g/mol. The van der Waals surface area contributed by atoms with Crippen LogP contribution in [0.1, 0.15) is 19.3 Å². The van der Waals surface area contributed by atoms with E-state index in [1.165, 1.54) is 12.8 Å². The molecule has 7 nitrogen and oxygen atoms in total. The SMILES string of the molecule is O=C(O)[C@H](CO)NC(=O)N1CCN2CCCCC2C1. The minimum absolute atomic E-state index is 0.394. The van der Waals surface area contributed by atoms with E-state index < -0.39 is 24.6 Å². The Kier molecular flexibility index (Phi) is 4.60. The predicted molar refractivity (Wildman–Crippen MR) is 67.8 cm³/mol. The summed E-state index contributed by atoms with van der Waals surface area (Å²) < 4.78 is 0. The minimum atomic E-state index is -1.23. The van der Waals surface area contributed by atoms with Gasteiger partial charge in [-0.15, -0.1) is 0 Å². The Morgan fingerprint density at radius 2 is 2.05 bits per heavy atom. The number of rotatable bonds is 3. The quantitative estimate of drug-likeness (QED) is 0.632. The van der Waals surface area contributed by atoms with Crippen LogP contribution in [-0.4, -0.2) is 76.9 Å². The van der Waals surface area contributed by atoms with Crippen LogP contribution in [0.4, 0.5) is 4.79 Å². The van der Waals surface area contributed by atoms with Crippen molar-refractivity contribution in [2.75, 3.05) is 32.8 Å². The van der Waals surface area contributed by atoms with Crippen molar-refractivity contribution >= 4 is 12.0 Å². The number of nitrogens with zero attached hydrogens (tertiary/aromatic N) is 2. The number of piperidine rings is 1. The molecule has 0 aromatic heterocycles. The number of carbonyl (C=O) groups is 2. The highest BCUT2D eigenvalue weighted by molar-refractivity contribution is 5.82. The maximum atomic E-state index is 12.0. The van der Waals surface area contributed by atoms with Crippen molar-refractivity contribution in [3.05, 3.63) is 0 Å². The average Bonchev–Trinajstić information content (AvgIpc) is 2.43. The van der Waals surface area contributed by atoms with Gasteiger partial charge in [0.1, 0.15) is 0 Å². The number of hydrogen-bond donors (Lipinski definition) is 3. The first kappa shape index (κ1) is 14.1. The van der Waals surface area contributed by atoms with Crippen LogP contribution in [0.25, 0.3) is 0 Å². The molecule has 2 aliphatic heterocycles. The maximum absolute atomic E-state index is 12.0. The fraction of sp³-hybridized carbons (Fsp3) is 0.833. The normalized spacial score (nSPS) is 25.5. The summed E-state index contributed by atoms with van der Waals surface area (Å²) in [5.74, 6) is -1.22. The molecule has 2 saturated heterocycles. The van der Waals surface area contributed by atoms with Crippen molar-refractivity contribution in [3.63, 3.8) is 0 Å². The standard InChI is InChI=1S/C12H21N3O4/c16-8-10(11(17)18)13-12(19)15-6-5-14-4-2-1-3-9(14)7-15/h9-10,16H,1-8H2,(H,13,19)(H,17,18)/t9?,10-/m0/s1. The molecule has 2 atom stereocenters. The van der Waals surface area contributed by atoms with Crippen molar-refractivity contribution in [1.82, 2.24) is 15.1 Å². The van der Waals surface area contributed by atoms with Crippen molar-refractivity contribution < 1.29 is 19.8 Å². The molecule has 2 amide bonds. The topological polar surface area (TPSA) is 93.1 Å². The number of aliphatic carboxylic acids is 1. The zero-order valence-electron chi connectivity index (χ0n) is 10.9. The van der Waals surface area contributed by atoms with E-state index in [0.29, 0.717) is 19.1 Å². The van der Waals surface area contributed by atoms with Crippen LogP contribution < -0.4 is 5.32 Å². The Labute approximate surface area is 112 Å². The second kappa shape index (κ2) is 6.21. The molecule has 0 saturated carbocycles. The molecule has 0 radical (unpaired) electrons. The Hall–Kier alpha value is -1.34. The van der Waals surface area contributed by atoms with Gasteiger partial charge >= 0.3 is 12.0 Å². The van der Waals surface area contributed by atoms with Gasteiger partial charge < -0.3 is 20.4 Å². The predicted octanol–water partition coefficient (Wildman–Crippen LogP) is -0.688. The third kappa shape index (κ3) is 3.36. The summed E-state index contributed by atoms with van der Waals surface area (Å²) in [7, 11) is 0. The lowest BCUT2D eigenvalue weighted by Gasteiger charge is -2.44. The number of aliphatic hydroxyl groups is 1. The van der Waals surface area contributed by atoms with Crippen molar-refractivity contribution in [3.8, 4) is 0 Å². The van der Waals surface area contributed by atoms with Crippen LogP contribution in [-0.2, 0) is 4.79 Å². The highest BCUT2D eigenvalue weighted by Crippen LogP contribution is 2.20. The van der Waals surface area contributed by atoms with Crippen LogP contribution in [0.15, 0.2) is 0 Å². The van der Waals surface area contributed by atoms with E-state index in [2.05, 4.69) is 10.2 Å². The van der Waals surface area contributed by atoms with Gasteiger partial charge in [-0.2, -0.15) is 0 Å². The molecule has 0 spiro atoms. The molecule has 0 bridgehead atoms.